The van der Waals surface area contributed by atoms with Gasteiger partial charge in [-0.15, -0.1) is 0 Å². The van der Waals surface area contributed by atoms with Gasteiger partial charge in [-0.05, 0) is 38.8 Å². The molecule has 2 fully saturated rings. The van der Waals surface area contributed by atoms with Crippen molar-refractivity contribution in [1.82, 2.24) is 9.80 Å². The van der Waals surface area contributed by atoms with Gasteiger partial charge in [0.1, 0.15) is 5.41 Å². The number of carbonyl (C=O) groups is 1. The number of amides is 1. The molecule has 4 nitrogen and oxygen atoms in total. The monoisotopic (exact) mass is 263 g/mol. The van der Waals surface area contributed by atoms with Crippen molar-refractivity contribution in [2.24, 2.45) is 11.3 Å². The molecule has 0 radical (unpaired) electrons. The SMILES string of the molecule is CN1CCC(CN(C)C(=O)C2(C#N)CCCCC2)C1. The molecule has 0 aromatic heterocycles. The number of nitriles is 1. The topological polar surface area (TPSA) is 47.3 Å². The predicted molar refractivity (Wildman–Crippen MR) is 74.4 cm³/mol. The molecule has 0 bridgehead atoms. The second-order valence-corrected chi connectivity index (χ2v) is 6.36. The van der Waals surface area contributed by atoms with E-state index in [0.29, 0.717) is 5.92 Å². The van der Waals surface area contributed by atoms with E-state index in [1.54, 1.807) is 0 Å². The summed E-state index contributed by atoms with van der Waals surface area (Å²) in [6.07, 6.45) is 5.84. The van der Waals surface area contributed by atoms with E-state index in [2.05, 4.69) is 18.0 Å². The Morgan fingerprint density at radius 2 is 2.11 bits per heavy atom. The first-order chi connectivity index (χ1) is 9.07. The van der Waals surface area contributed by atoms with Gasteiger partial charge in [0.15, 0.2) is 0 Å². The summed E-state index contributed by atoms with van der Waals surface area (Å²) >= 11 is 0. The fourth-order valence-corrected chi connectivity index (χ4v) is 3.54. The molecule has 4 heteroatoms. The van der Waals surface area contributed by atoms with E-state index in [4.69, 9.17) is 0 Å². The Labute approximate surface area is 116 Å². The summed E-state index contributed by atoms with van der Waals surface area (Å²) in [4.78, 5) is 16.7. The molecule has 1 aliphatic heterocycles. The van der Waals surface area contributed by atoms with E-state index in [1.165, 1.54) is 0 Å². The van der Waals surface area contributed by atoms with Crippen molar-refractivity contribution >= 4 is 5.91 Å². The average Bonchev–Trinajstić information content (AvgIpc) is 2.84. The molecular weight excluding hydrogens is 238 g/mol. The first kappa shape index (κ1) is 14.3. The molecular formula is C15H25N3O. The molecule has 1 aliphatic carbocycles. The third-order valence-corrected chi connectivity index (χ3v) is 4.70. The molecule has 1 heterocycles. The first-order valence-corrected chi connectivity index (χ1v) is 7.43. The smallest absolute Gasteiger partial charge is 0.242 e. The lowest BCUT2D eigenvalue weighted by atomic mass is 9.74. The van der Waals surface area contributed by atoms with Crippen molar-refractivity contribution in [3.8, 4) is 6.07 Å². The number of hydrogen-bond donors (Lipinski definition) is 0. The van der Waals surface area contributed by atoms with Crippen LogP contribution in [0.2, 0.25) is 0 Å². The fourth-order valence-electron chi connectivity index (χ4n) is 3.54. The summed E-state index contributed by atoms with van der Waals surface area (Å²) < 4.78 is 0. The third kappa shape index (κ3) is 3.09. The highest BCUT2D eigenvalue weighted by Crippen LogP contribution is 2.37. The molecule has 106 valence electrons. The van der Waals surface area contributed by atoms with Crippen LogP contribution in [0, 0.1) is 22.7 Å². The Balaban J connectivity index is 1.95. The Morgan fingerprint density at radius 1 is 1.42 bits per heavy atom. The molecule has 1 unspecified atom stereocenters. The van der Waals surface area contributed by atoms with Crippen LogP contribution in [0.4, 0.5) is 0 Å². The minimum absolute atomic E-state index is 0.0595. The van der Waals surface area contributed by atoms with Gasteiger partial charge in [0.2, 0.25) is 5.91 Å². The summed E-state index contributed by atoms with van der Waals surface area (Å²) in [5.41, 5.74) is -0.725. The van der Waals surface area contributed by atoms with Crippen molar-refractivity contribution in [3.05, 3.63) is 0 Å². The largest absolute Gasteiger partial charge is 0.344 e. The molecule has 0 spiro atoms. The molecule has 0 aromatic rings. The molecule has 0 N–H and O–H groups in total. The van der Waals surface area contributed by atoms with Crippen LogP contribution in [-0.4, -0.2) is 49.4 Å². The molecule has 19 heavy (non-hydrogen) atoms. The van der Waals surface area contributed by atoms with Gasteiger partial charge in [0.05, 0.1) is 6.07 Å². The van der Waals surface area contributed by atoms with Crippen molar-refractivity contribution in [2.45, 2.75) is 38.5 Å². The van der Waals surface area contributed by atoms with Crippen LogP contribution in [0.15, 0.2) is 0 Å². The minimum atomic E-state index is -0.725. The van der Waals surface area contributed by atoms with Gasteiger partial charge in [0, 0.05) is 20.1 Å². The average molecular weight is 263 g/mol. The van der Waals surface area contributed by atoms with Gasteiger partial charge in [-0.3, -0.25) is 4.79 Å². The second kappa shape index (κ2) is 5.92. The molecule has 0 aromatic carbocycles. The van der Waals surface area contributed by atoms with E-state index < -0.39 is 5.41 Å². The quantitative estimate of drug-likeness (QED) is 0.781. The zero-order valence-corrected chi connectivity index (χ0v) is 12.2. The predicted octanol–water partition coefficient (Wildman–Crippen LogP) is 1.87. The summed E-state index contributed by atoms with van der Waals surface area (Å²) in [6, 6.07) is 2.33. The van der Waals surface area contributed by atoms with Gasteiger partial charge >= 0.3 is 0 Å². The van der Waals surface area contributed by atoms with Crippen molar-refractivity contribution in [1.29, 1.82) is 5.26 Å². The summed E-state index contributed by atoms with van der Waals surface area (Å²) in [6.45, 7) is 2.99. The van der Waals surface area contributed by atoms with E-state index >= 15 is 0 Å². The Kier molecular flexibility index (Phi) is 4.46. The summed E-state index contributed by atoms with van der Waals surface area (Å²) in [5.74, 6) is 0.627. The van der Waals surface area contributed by atoms with Gasteiger partial charge in [-0.1, -0.05) is 19.3 Å². The van der Waals surface area contributed by atoms with E-state index in [0.717, 1.165) is 58.2 Å². The van der Waals surface area contributed by atoms with Crippen LogP contribution in [0.5, 0.6) is 0 Å². The minimum Gasteiger partial charge on any atom is -0.344 e. The van der Waals surface area contributed by atoms with Gasteiger partial charge < -0.3 is 9.80 Å². The fraction of sp³-hybridized carbons (Fsp3) is 0.867. The van der Waals surface area contributed by atoms with Crippen LogP contribution < -0.4 is 0 Å². The molecule has 1 saturated carbocycles. The zero-order chi connectivity index (χ0) is 13.9. The molecule has 2 rings (SSSR count). The van der Waals surface area contributed by atoms with Crippen molar-refractivity contribution in [2.75, 3.05) is 33.7 Å². The van der Waals surface area contributed by atoms with Crippen LogP contribution in [0.1, 0.15) is 38.5 Å². The number of rotatable bonds is 3. The Morgan fingerprint density at radius 3 is 2.63 bits per heavy atom. The van der Waals surface area contributed by atoms with Crippen LogP contribution in [0.3, 0.4) is 0 Å². The van der Waals surface area contributed by atoms with E-state index in [1.807, 2.05) is 11.9 Å². The highest BCUT2D eigenvalue weighted by atomic mass is 16.2. The van der Waals surface area contributed by atoms with E-state index in [9.17, 15) is 10.1 Å². The first-order valence-electron chi connectivity index (χ1n) is 7.43. The lowest BCUT2D eigenvalue weighted by molar-refractivity contribution is -0.139. The highest BCUT2D eigenvalue weighted by molar-refractivity contribution is 5.85. The van der Waals surface area contributed by atoms with Gasteiger partial charge in [-0.2, -0.15) is 5.26 Å². The van der Waals surface area contributed by atoms with E-state index in [-0.39, 0.29) is 5.91 Å². The Hall–Kier alpha value is -1.08. The maximum atomic E-state index is 12.6. The lowest BCUT2D eigenvalue weighted by Gasteiger charge is -2.34. The molecule has 1 atom stereocenters. The van der Waals surface area contributed by atoms with Gasteiger partial charge in [0.25, 0.3) is 0 Å². The maximum absolute atomic E-state index is 12.6. The lowest BCUT2D eigenvalue weighted by Crippen LogP contribution is -2.44. The third-order valence-electron chi connectivity index (χ3n) is 4.70. The van der Waals surface area contributed by atoms with Crippen LogP contribution >= 0.6 is 0 Å². The van der Waals surface area contributed by atoms with Crippen LogP contribution in [-0.2, 0) is 4.79 Å². The second-order valence-electron chi connectivity index (χ2n) is 6.36. The summed E-state index contributed by atoms with van der Waals surface area (Å²) in [5, 5.41) is 9.46. The number of likely N-dealkylation sites (tertiary alicyclic amines) is 1. The number of hydrogen-bond acceptors (Lipinski definition) is 3. The van der Waals surface area contributed by atoms with Crippen molar-refractivity contribution in [3.63, 3.8) is 0 Å². The zero-order valence-electron chi connectivity index (χ0n) is 12.2. The molecule has 1 amide bonds. The van der Waals surface area contributed by atoms with Gasteiger partial charge in [-0.25, -0.2) is 0 Å². The normalized spacial score (nSPS) is 26.9. The highest BCUT2D eigenvalue weighted by Gasteiger charge is 2.42. The van der Waals surface area contributed by atoms with Crippen molar-refractivity contribution < 1.29 is 4.79 Å². The number of nitrogens with zero attached hydrogens (tertiary/aromatic N) is 3. The van der Waals surface area contributed by atoms with Crippen LogP contribution in [0.25, 0.3) is 0 Å². The maximum Gasteiger partial charge on any atom is 0.242 e. The number of carbonyl (C=O) groups excluding carboxylic acids is 1. The molecule has 1 saturated heterocycles. The molecule has 2 aliphatic rings. The standard InChI is InChI=1S/C15H25N3O/c1-17-9-6-13(10-17)11-18(2)14(19)15(12-16)7-4-3-5-8-15/h13H,3-11H2,1-2H3. The summed E-state index contributed by atoms with van der Waals surface area (Å²) in [7, 11) is 3.99. The Bertz CT molecular complexity index is 368.